The van der Waals surface area contributed by atoms with E-state index in [0.717, 1.165) is 18.6 Å². The van der Waals surface area contributed by atoms with E-state index >= 15 is 0 Å². The van der Waals surface area contributed by atoms with Gasteiger partial charge in [-0.15, -0.1) is 0 Å². The zero-order chi connectivity index (χ0) is 14.4. The Balaban J connectivity index is 1.68. The van der Waals surface area contributed by atoms with Crippen LogP contribution >= 0.6 is 0 Å². The highest BCUT2D eigenvalue weighted by molar-refractivity contribution is 5.78. The number of nitrogen functional groups attached to an aromatic ring is 1. The van der Waals surface area contributed by atoms with Gasteiger partial charge < -0.3 is 20.5 Å². The smallest absolute Gasteiger partial charge is 0.224 e. The first-order valence-electron chi connectivity index (χ1n) is 6.96. The topological polar surface area (TPSA) is 73.6 Å². The maximum Gasteiger partial charge on any atom is 0.224 e. The van der Waals surface area contributed by atoms with Gasteiger partial charge in [0.1, 0.15) is 0 Å². The van der Waals surface area contributed by atoms with Crippen LogP contribution in [0.5, 0.6) is 0 Å². The Labute approximate surface area is 119 Å². The van der Waals surface area contributed by atoms with Gasteiger partial charge in [0, 0.05) is 18.3 Å². The monoisotopic (exact) mass is 278 g/mol. The average Bonchev–Trinajstić information content (AvgIpc) is 2.92. The molecule has 2 atom stereocenters. The fourth-order valence-corrected chi connectivity index (χ4v) is 2.11. The summed E-state index contributed by atoms with van der Waals surface area (Å²) in [5.74, 6) is -0.00598. The number of benzene rings is 1. The summed E-state index contributed by atoms with van der Waals surface area (Å²) >= 11 is 0. The molecule has 0 bridgehead atoms. The van der Waals surface area contributed by atoms with E-state index in [1.165, 1.54) is 0 Å². The van der Waals surface area contributed by atoms with Crippen LogP contribution < -0.4 is 11.1 Å². The molecule has 1 aromatic carbocycles. The summed E-state index contributed by atoms with van der Waals surface area (Å²) in [6, 6.07) is 7.33. The highest BCUT2D eigenvalue weighted by Crippen LogP contribution is 2.09. The molecule has 1 aromatic rings. The van der Waals surface area contributed by atoms with Gasteiger partial charge >= 0.3 is 0 Å². The number of ether oxygens (including phenoxy) is 2. The van der Waals surface area contributed by atoms with Crippen LogP contribution in [0.3, 0.4) is 0 Å². The molecule has 3 N–H and O–H groups in total. The number of nitrogens with one attached hydrogen (secondary N) is 1. The molecule has 1 heterocycles. The van der Waals surface area contributed by atoms with Crippen molar-refractivity contribution in [1.82, 2.24) is 5.32 Å². The molecule has 0 aromatic heterocycles. The highest BCUT2D eigenvalue weighted by Gasteiger charge is 2.17. The van der Waals surface area contributed by atoms with Crippen molar-refractivity contribution < 1.29 is 14.3 Å². The minimum absolute atomic E-state index is 0.00289. The fourth-order valence-electron chi connectivity index (χ4n) is 2.11. The largest absolute Gasteiger partial charge is 0.399 e. The Morgan fingerprint density at radius 1 is 1.50 bits per heavy atom. The predicted octanol–water partition coefficient (Wildman–Crippen LogP) is 1.12. The van der Waals surface area contributed by atoms with E-state index in [1.54, 1.807) is 12.1 Å². The number of anilines is 1. The summed E-state index contributed by atoms with van der Waals surface area (Å²) < 4.78 is 10.9. The first-order valence-corrected chi connectivity index (χ1v) is 6.96. The van der Waals surface area contributed by atoms with E-state index in [-0.39, 0.29) is 18.1 Å². The molecule has 0 aliphatic carbocycles. The third-order valence-electron chi connectivity index (χ3n) is 3.22. The molecule has 2 unspecified atom stereocenters. The molecule has 1 saturated heterocycles. The lowest BCUT2D eigenvalue weighted by molar-refractivity contribution is -0.121. The van der Waals surface area contributed by atoms with E-state index in [0.29, 0.717) is 25.3 Å². The number of hydrogen-bond acceptors (Lipinski definition) is 4. The standard InChI is InChI=1S/C15H22N2O3/c1-11(9-20-14-6-7-19-10-14)17-15(18)8-12-2-4-13(16)5-3-12/h2-5,11,14H,6-10,16H2,1H3,(H,17,18). The van der Waals surface area contributed by atoms with E-state index in [1.807, 2.05) is 19.1 Å². The predicted molar refractivity (Wildman–Crippen MR) is 77.3 cm³/mol. The second-order valence-electron chi connectivity index (χ2n) is 5.21. The highest BCUT2D eigenvalue weighted by atomic mass is 16.5. The number of amides is 1. The lowest BCUT2D eigenvalue weighted by atomic mass is 10.1. The minimum Gasteiger partial charge on any atom is -0.399 e. The molecule has 0 radical (unpaired) electrons. The fraction of sp³-hybridized carbons (Fsp3) is 0.533. The van der Waals surface area contributed by atoms with Crippen LogP contribution in [0.1, 0.15) is 18.9 Å². The lowest BCUT2D eigenvalue weighted by Gasteiger charge is -2.17. The van der Waals surface area contributed by atoms with Gasteiger partial charge in [0.25, 0.3) is 0 Å². The van der Waals surface area contributed by atoms with Gasteiger partial charge in [0.05, 0.1) is 25.7 Å². The maximum atomic E-state index is 11.9. The summed E-state index contributed by atoms with van der Waals surface area (Å²) in [5, 5.41) is 2.93. The summed E-state index contributed by atoms with van der Waals surface area (Å²) in [7, 11) is 0. The molecule has 110 valence electrons. The molecule has 1 fully saturated rings. The number of hydrogen-bond donors (Lipinski definition) is 2. The van der Waals surface area contributed by atoms with Crippen LogP contribution in [0.25, 0.3) is 0 Å². The third-order valence-corrected chi connectivity index (χ3v) is 3.22. The van der Waals surface area contributed by atoms with Crippen molar-refractivity contribution >= 4 is 11.6 Å². The molecule has 5 heteroatoms. The molecule has 1 amide bonds. The Hall–Kier alpha value is -1.59. The van der Waals surface area contributed by atoms with Crippen molar-refractivity contribution in [3.63, 3.8) is 0 Å². The van der Waals surface area contributed by atoms with Gasteiger partial charge in [-0.25, -0.2) is 0 Å². The van der Waals surface area contributed by atoms with E-state index in [9.17, 15) is 4.79 Å². The van der Waals surface area contributed by atoms with Crippen molar-refractivity contribution in [2.75, 3.05) is 25.6 Å². The van der Waals surface area contributed by atoms with Crippen molar-refractivity contribution in [3.8, 4) is 0 Å². The van der Waals surface area contributed by atoms with Crippen LogP contribution in [0.15, 0.2) is 24.3 Å². The van der Waals surface area contributed by atoms with E-state index < -0.39 is 0 Å². The molecular formula is C15H22N2O3. The third kappa shape index (κ3) is 4.83. The normalized spacial score (nSPS) is 19.8. The van der Waals surface area contributed by atoms with Crippen LogP contribution in [-0.4, -0.2) is 37.9 Å². The lowest BCUT2D eigenvalue weighted by Crippen LogP contribution is -2.37. The molecule has 1 aliphatic heterocycles. The SMILES string of the molecule is CC(COC1CCOC1)NC(=O)Cc1ccc(N)cc1. The second-order valence-corrected chi connectivity index (χ2v) is 5.21. The quantitative estimate of drug-likeness (QED) is 0.765. The summed E-state index contributed by atoms with van der Waals surface area (Å²) in [6.07, 6.45) is 1.47. The van der Waals surface area contributed by atoms with Crippen LogP contribution in [-0.2, 0) is 20.7 Å². The van der Waals surface area contributed by atoms with Gasteiger partial charge in [0.2, 0.25) is 5.91 Å². The van der Waals surface area contributed by atoms with Crippen LogP contribution in [0, 0.1) is 0 Å². The van der Waals surface area contributed by atoms with E-state index in [2.05, 4.69) is 5.32 Å². The van der Waals surface area contributed by atoms with Gasteiger partial charge in [-0.3, -0.25) is 4.79 Å². The molecule has 2 rings (SSSR count). The first-order chi connectivity index (χ1) is 9.63. The van der Waals surface area contributed by atoms with Crippen molar-refractivity contribution in [2.24, 2.45) is 0 Å². The Morgan fingerprint density at radius 3 is 2.90 bits per heavy atom. The molecule has 0 spiro atoms. The zero-order valence-corrected chi connectivity index (χ0v) is 11.8. The molecule has 1 aliphatic rings. The summed E-state index contributed by atoms with van der Waals surface area (Å²) in [6.45, 7) is 3.88. The van der Waals surface area contributed by atoms with Crippen LogP contribution in [0.2, 0.25) is 0 Å². The number of nitrogens with two attached hydrogens (primary N) is 1. The van der Waals surface area contributed by atoms with Crippen molar-refractivity contribution in [1.29, 1.82) is 0 Å². The first kappa shape index (κ1) is 14.8. The van der Waals surface area contributed by atoms with E-state index in [4.69, 9.17) is 15.2 Å². The number of carbonyl (C=O) groups is 1. The number of carbonyl (C=O) groups excluding carboxylic acids is 1. The maximum absolute atomic E-state index is 11.9. The summed E-state index contributed by atoms with van der Waals surface area (Å²) in [4.78, 5) is 11.9. The average molecular weight is 278 g/mol. The van der Waals surface area contributed by atoms with Crippen LogP contribution in [0.4, 0.5) is 5.69 Å². The number of rotatable bonds is 6. The second kappa shape index (κ2) is 7.26. The zero-order valence-electron chi connectivity index (χ0n) is 11.8. The molecule has 0 saturated carbocycles. The summed E-state index contributed by atoms with van der Waals surface area (Å²) in [5.41, 5.74) is 7.27. The Bertz CT molecular complexity index is 427. The van der Waals surface area contributed by atoms with Gasteiger partial charge in [-0.05, 0) is 31.0 Å². The molecule has 20 heavy (non-hydrogen) atoms. The van der Waals surface area contributed by atoms with Gasteiger partial charge in [-0.1, -0.05) is 12.1 Å². The Kier molecular flexibility index (Phi) is 5.38. The minimum atomic E-state index is -0.00598. The molecule has 5 nitrogen and oxygen atoms in total. The van der Waals surface area contributed by atoms with Crippen molar-refractivity contribution in [2.45, 2.75) is 31.9 Å². The molecular weight excluding hydrogens is 256 g/mol. The van der Waals surface area contributed by atoms with Gasteiger partial charge in [-0.2, -0.15) is 0 Å². The Morgan fingerprint density at radius 2 is 2.25 bits per heavy atom. The van der Waals surface area contributed by atoms with Gasteiger partial charge in [0.15, 0.2) is 0 Å². The van der Waals surface area contributed by atoms with Crippen molar-refractivity contribution in [3.05, 3.63) is 29.8 Å².